The Kier molecular flexibility index (Phi) is 6.93. The van der Waals surface area contributed by atoms with Crippen molar-refractivity contribution in [3.05, 3.63) is 42.2 Å². The van der Waals surface area contributed by atoms with Crippen LogP contribution >= 0.6 is 12.4 Å². The molecule has 1 aromatic carbocycles. The molecule has 2 aromatic rings. The van der Waals surface area contributed by atoms with Crippen LogP contribution in [-0.4, -0.2) is 77.4 Å². The Balaban J connectivity index is 0.00000225. The van der Waals surface area contributed by atoms with E-state index in [9.17, 15) is 4.79 Å². The molecule has 1 aromatic heterocycles. The number of likely N-dealkylation sites (tertiary alicyclic amines) is 1. The van der Waals surface area contributed by atoms with E-state index in [0.29, 0.717) is 24.1 Å². The van der Waals surface area contributed by atoms with Gasteiger partial charge in [0.15, 0.2) is 11.4 Å². The molecule has 1 unspecified atom stereocenters. The average molecular weight is 406 g/mol. The second kappa shape index (κ2) is 9.41. The first-order valence-corrected chi connectivity index (χ1v) is 9.78. The van der Waals surface area contributed by atoms with Crippen LogP contribution in [0.5, 0.6) is 5.75 Å². The minimum atomic E-state index is -0.0363. The number of nitrogens with zero attached hydrogens (tertiary/aromatic N) is 4. The number of nitrogens with one attached hydrogen (secondary N) is 1. The van der Waals surface area contributed by atoms with Crippen molar-refractivity contribution in [2.45, 2.75) is 19.4 Å². The van der Waals surface area contributed by atoms with Crippen molar-refractivity contribution in [1.29, 1.82) is 0 Å². The molecule has 2 fully saturated rings. The number of halogens is 1. The highest BCUT2D eigenvalue weighted by Crippen LogP contribution is 2.24. The minimum Gasteiger partial charge on any atom is -0.490 e. The van der Waals surface area contributed by atoms with Crippen molar-refractivity contribution in [2.75, 3.05) is 45.9 Å². The number of piperazine rings is 1. The molecular formula is C20H28ClN5O2. The third-order valence-electron chi connectivity index (χ3n) is 5.32. The van der Waals surface area contributed by atoms with Gasteiger partial charge < -0.3 is 15.0 Å². The number of hydrogen-bond acceptors (Lipinski definition) is 5. The first-order valence-electron chi connectivity index (χ1n) is 9.78. The summed E-state index contributed by atoms with van der Waals surface area (Å²) in [6.07, 6.45) is 2.82. The molecule has 0 bridgehead atoms. The van der Waals surface area contributed by atoms with Crippen LogP contribution in [0.2, 0.25) is 0 Å². The number of ether oxygens (including phenoxy) is 1. The molecule has 1 N–H and O–H groups in total. The van der Waals surface area contributed by atoms with Gasteiger partial charge in [0.1, 0.15) is 0 Å². The monoisotopic (exact) mass is 405 g/mol. The average Bonchev–Trinajstić information content (AvgIpc) is 3.37. The molecule has 28 heavy (non-hydrogen) atoms. The van der Waals surface area contributed by atoms with E-state index in [1.807, 2.05) is 42.2 Å². The molecule has 2 aliphatic heterocycles. The predicted octanol–water partition coefficient (Wildman–Crippen LogP) is 1.81. The van der Waals surface area contributed by atoms with E-state index in [1.54, 1.807) is 10.9 Å². The van der Waals surface area contributed by atoms with Gasteiger partial charge in [-0.3, -0.25) is 9.69 Å². The number of rotatable bonds is 5. The van der Waals surface area contributed by atoms with Gasteiger partial charge in [-0.1, -0.05) is 18.2 Å². The van der Waals surface area contributed by atoms with Crippen molar-refractivity contribution in [3.8, 4) is 11.4 Å². The quantitative estimate of drug-likeness (QED) is 0.822. The molecule has 1 atom stereocenters. The first-order chi connectivity index (χ1) is 13.3. The van der Waals surface area contributed by atoms with Gasteiger partial charge in [-0.05, 0) is 25.5 Å². The SMILES string of the molecule is CCOc1cn(-c2ccccc2)nc1C(=O)N1CCC(N2CCNCC2)C1.Cl. The van der Waals surface area contributed by atoms with Crippen molar-refractivity contribution < 1.29 is 9.53 Å². The van der Waals surface area contributed by atoms with E-state index >= 15 is 0 Å². The number of benzene rings is 1. The summed E-state index contributed by atoms with van der Waals surface area (Å²) in [6.45, 7) is 8.13. The highest BCUT2D eigenvalue weighted by Gasteiger charge is 2.33. The number of para-hydroxylation sites is 1. The topological polar surface area (TPSA) is 62.6 Å². The Hall–Kier alpha value is -2.09. The summed E-state index contributed by atoms with van der Waals surface area (Å²) in [5.41, 5.74) is 1.32. The van der Waals surface area contributed by atoms with Crippen LogP contribution in [-0.2, 0) is 0 Å². The lowest BCUT2D eigenvalue weighted by atomic mass is 10.2. The Bertz CT molecular complexity index is 776. The fourth-order valence-corrected chi connectivity index (χ4v) is 3.90. The molecule has 0 spiro atoms. The van der Waals surface area contributed by atoms with E-state index in [4.69, 9.17) is 4.74 Å². The van der Waals surface area contributed by atoms with Crippen LogP contribution in [0.25, 0.3) is 5.69 Å². The second-order valence-corrected chi connectivity index (χ2v) is 7.03. The molecule has 7 nitrogen and oxygen atoms in total. The Morgan fingerprint density at radius 1 is 1.21 bits per heavy atom. The summed E-state index contributed by atoms with van der Waals surface area (Å²) in [6, 6.07) is 10.3. The van der Waals surface area contributed by atoms with Gasteiger partial charge >= 0.3 is 0 Å². The van der Waals surface area contributed by atoms with Crippen LogP contribution in [0.15, 0.2) is 36.5 Å². The summed E-state index contributed by atoms with van der Waals surface area (Å²) < 4.78 is 7.44. The Morgan fingerprint density at radius 3 is 2.68 bits per heavy atom. The molecule has 2 saturated heterocycles. The van der Waals surface area contributed by atoms with E-state index in [0.717, 1.165) is 51.4 Å². The van der Waals surface area contributed by atoms with Crippen LogP contribution in [0.3, 0.4) is 0 Å². The Labute approximate surface area is 172 Å². The standard InChI is InChI=1S/C20H27N5O2.ClH/c1-2-27-18-15-25(16-6-4-3-5-7-16)22-19(18)20(26)24-11-8-17(14-24)23-12-9-21-10-13-23;/h3-7,15,17,21H,2,8-14H2,1H3;1H. The summed E-state index contributed by atoms with van der Waals surface area (Å²) in [5.74, 6) is 0.516. The van der Waals surface area contributed by atoms with Gasteiger partial charge in [0, 0.05) is 45.3 Å². The van der Waals surface area contributed by atoms with Gasteiger partial charge in [-0.2, -0.15) is 5.10 Å². The van der Waals surface area contributed by atoms with Crippen LogP contribution in [0.4, 0.5) is 0 Å². The molecule has 152 valence electrons. The van der Waals surface area contributed by atoms with Gasteiger partial charge in [0.05, 0.1) is 18.5 Å². The summed E-state index contributed by atoms with van der Waals surface area (Å²) in [4.78, 5) is 17.6. The number of carbonyl (C=O) groups excluding carboxylic acids is 1. The molecule has 1 amide bonds. The van der Waals surface area contributed by atoms with Crippen molar-refractivity contribution in [3.63, 3.8) is 0 Å². The van der Waals surface area contributed by atoms with E-state index in [-0.39, 0.29) is 18.3 Å². The lowest BCUT2D eigenvalue weighted by molar-refractivity contribution is 0.0763. The molecule has 2 aliphatic rings. The third-order valence-corrected chi connectivity index (χ3v) is 5.32. The minimum absolute atomic E-state index is 0. The number of hydrogen-bond donors (Lipinski definition) is 1. The van der Waals surface area contributed by atoms with Crippen molar-refractivity contribution >= 4 is 18.3 Å². The highest BCUT2D eigenvalue weighted by molar-refractivity contribution is 5.95. The summed E-state index contributed by atoms with van der Waals surface area (Å²) in [7, 11) is 0. The smallest absolute Gasteiger partial charge is 0.278 e. The Morgan fingerprint density at radius 2 is 1.96 bits per heavy atom. The number of amides is 1. The highest BCUT2D eigenvalue weighted by atomic mass is 35.5. The predicted molar refractivity (Wildman–Crippen MR) is 111 cm³/mol. The van der Waals surface area contributed by atoms with Crippen molar-refractivity contribution in [1.82, 2.24) is 24.9 Å². The zero-order valence-electron chi connectivity index (χ0n) is 16.2. The third kappa shape index (κ3) is 4.32. The molecule has 0 radical (unpaired) electrons. The first kappa shape index (κ1) is 20.6. The second-order valence-electron chi connectivity index (χ2n) is 7.03. The summed E-state index contributed by atoms with van der Waals surface area (Å²) in [5, 5.41) is 7.94. The lowest BCUT2D eigenvalue weighted by Gasteiger charge is -2.32. The molecule has 8 heteroatoms. The number of aromatic nitrogens is 2. The zero-order valence-corrected chi connectivity index (χ0v) is 17.0. The molecule has 0 saturated carbocycles. The molecular weight excluding hydrogens is 378 g/mol. The molecule has 0 aliphatic carbocycles. The number of carbonyl (C=O) groups is 1. The fourth-order valence-electron chi connectivity index (χ4n) is 3.90. The largest absolute Gasteiger partial charge is 0.490 e. The fraction of sp³-hybridized carbons (Fsp3) is 0.500. The van der Waals surface area contributed by atoms with Crippen molar-refractivity contribution in [2.24, 2.45) is 0 Å². The van der Waals surface area contributed by atoms with Crippen LogP contribution in [0, 0.1) is 0 Å². The zero-order chi connectivity index (χ0) is 18.6. The van der Waals surface area contributed by atoms with Gasteiger partial charge in [0.2, 0.25) is 0 Å². The van der Waals surface area contributed by atoms with E-state index in [2.05, 4.69) is 15.3 Å². The molecule has 4 rings (SSSR count). The maximum atomic E-state index is 13.2. The molecule has 3 heterocycles. The van der Waals surface area contributed by atoms with Gasteiger partial charge in [-0.25, -0.2) is 4.68 Å². The normalized spacial score (nSPS) is 20.0. The van der Waals surface area contributed by atoms with Gasteiger partial charge in [-0.15, -0.1) is 12.4 Å². The van der Waals surface area contributed by atoms with Gasteiger partial charge in [0.25, 0.3) is 5.91 Å². The van der Waals surface area contributed by atoms with Crippen LogP contribution < -0.4 is 10.1 Å². The van der Waals surface area contributed by atoms with E-state index < -0.39 is 0 Å². The van der Waals surface area contributed by atoms with E-state index in [1.165, 1.54) is 0 Å². The maximum Gasteiger partial charge on any atom is 0.278 e. The summed E-state index contributed by atoms with van der Waals surface area (Å²) >= 11 is 0. The van der Waals surface area contributed by atoms with Crippen LogP contribution in [0.1, 0.15) is 23.8 Å². The maximum absolute atomic E-state index is 13.2. The lowest BCUT2D eigenvalue weighted by Crippen LogP contribution is -2.49.